The molecular weight excluding hydrogens is 731 g/mol. The van der Waals surface area contributed by atoms with Crippen LogP contribution in [0.4, 0.5) is 51.2 Å². The molecule has 3 aromatic rings. The van der Waals surface area contributed by atoms with Gasteiger partial charge in [-0.05, 0) is 97.6 Å². The fourth-order valence-corrected chi connectivity index (χ4v) is 17.8. The molecule has 0 fully saturated rings. The van der Waals surface area contributed by atoms with Gasteiger partial charge in [-0.15, -0.1) is 0 Å². The molecule has 0 saturated carbocycles. The van der Waals surface area contributed by atoms with E-state index in [1.165, 1.54) is 100 Å². The van der Waals surface area contributed by atoms with Gasteiger partial charge in [-0.2, -0.15) is 0 Å². The smallest absolute Gasteiger partial charge is 0.170 e. The maximum absolute atomic E-state index is 3.52. The Morgan fingerprint density at radius 1 is 0.362 bits per heavy atom. The minimum atomic E-state index is -3.52. The van der Waals surface area contributed by atoms with Crippen molar-refractivity contribution in [2.24, 2.45) is 0 Å². The minimum absolute atomic E-state index is 0.405. The second-order valence-corrected chi connectivity index (χ2v) is 23.0. The zero-order valence-corrected chi connectivity index (χ0v) is 42.3. The van der Waals surface area contributed by atoms with E-state index in [0.29, 0.717) is 0 Å². The summed E-state index contributed by atoms with van der Waals surface area (Å²) in [6.45, 7) is 16.9. The molecule has 0 amide bonds. The highest BCUT2D eigenvalue weighted by molar-refractivity contribution is 7.17. The third kappa shape index (κ3) is 6.96. The Labute approximate surface area is 355 Å². The molecule has 320 valence electrons. The van der Waals surface area contributed by atoms with Crippen molar-refractivity contribution in [1.82, 2.24) is 0 Å². The van der Waals surface area contributed by atoms with Crippen LogP contribution in [0.1, 0.15) is 44.4 Å². The van der Waals surface area contributed by atoms with Crippen LogP contribution in [0.2, 0.25) is 5.04 Å². The lowest BCUT2D eigenvalue weighted by Crippen LogP contribution is -2.76. The number of allylic oxidation sites excluding steroid dienone is 4. The van der Waals surface area contributed by atoms with E-state index in [4.69, 9.17) is 0 Å². The molecule has 1 unspecified atom stereocenters. The first-order chi connectivity index (χ1) is 26.6. The summed E-state index contributed by atoms with van der Waals surface area (Å²) >= 11 is 0. The summed E-state index contributed by atoms with van der Waals surface area (Å²) in [6, 6.07) is 7.45. The summed E-state index contributed by atoms with van der Waals surface area (Å²) in [5.41, 5.74) is 19.3. The van der Waals surface area contributed by atoms with Gasteiger partial charge in [-0.1, -0.05) is 24.1 Å². The topological polar surface area (TPSA) is 29.2 Å². The summed E-state index contributed by atoms with van der Waals surface area (Å²) in [7, 11) is 36.4. The number of anilines is 9. The molecule has 0 aromatic heterocycles. The third-order valence-electron chi connectivity index (χ3n) is 12.8. The fraction of sp³-hybridized carbons (Fsp3) is 0.542. The molecule has 0 spiro atoms. The van der Waals surface area contributed by atoms with E-state index in [0.717, 1.165) is 0 Å². The highest BCUT2D eigenvalue weighted by Crippen LogP contribution is 2.58. The highest BCUT2D eigenvalue weighted by atomic mass is 28.3. The molecule has 3 aromatic carbocycles. The van der Waals surface area contributed by atoms with Crippen LogP contribution >= 0.6 is 0 Å². The Morgan fingerprint density at radius 2 is 0.603 bits per heavy atom. The van der Waals surface area contributed by atoms with Gasteiger partial charge in [0, 0.05) is 132 Å². The first-order valence-electron chi connectivity index (χ1n) is 20.6. The Hall–Kier alpha value is -4.44. The van der Waals surface area contributed by atoms with E-state index in [2.05, 4.69) is 244 Å². The van der Waals surface area contributed by atoms with Crippen LogP contribution in [0, 0.1) is 20.8 Å². The summed E-state index contributed by atoms with van der Waals surface area (Å²) in [5.74, 6) is 0. The average Bonchev–Trinajstić information content (AvgIpc) is 3.30. The highest BCUT2D eigenvalue weighted by Gasteiger charge is 2.62. The molecule has 0 heterocycles. The lowest BCUT2D eigenvalue weighted by molar-refractivity contribution is 0.867. The number of benzene rings is 3. The predicted octanol–water partition coefficient (Wildman–Crippen LogP) is 6.73. The Balaban J connectivity index is 2.81. The Morgan fingerprint density at radius 3 is 0.776 bits per heavy atom. The zero-order chi connectivity index (χ0) is 44.4. The van der Waals surface area contributed by atoms with Gasteiger partial charge in [0.05, 0.1) is 51.2 Å². The van der Waals surface area contributed by atoms with Crippen molar-refractivity contribution >= 4 is 74.8 Å². The summed E-state index contributed by atoms with van der Waals surface area (Å²) in [4.78, 5) is 21.2. The van der Waals surface area contributed by atoms with Gasteiger partial charge in [0.1, 0.15) is 0 Å². The molecule has 4 rings (SSSR count). The third-order valence-corrected chi connectivity index (χ3v) is 19.0. The molecule has 9 nitrogen and oxygen atoms in total. The number of rotatable bonds is 13. The molecule has 0 N–H and O–H groups in total. The second kappa shape index (κ2) is 16.3. The number of nitrogens with zero attached hydrogens (tertiary/aromatic N) is 9. The minimum Gasteiger partial charge on any atom is -0.376 e. The molecule has 58 heavy (non-hydrogen) atoms. The normalized spacial score (nSPS) is 15.4. The monoisotopic (exact) mass is 810 g/mol. The van der Waals surface area contributed by atoms with Gasteiger partial charge < -0.3 is 44.1 Å². The van der Waals surface area contributed by atoms with Crippen molar-refractivity contribution in [3.05, 3.63) is 57.7 Å². The first-order valence-corrected chi connectivity index (χ1v) is 22.6. The molecule has 1 atom stereocenters. The molecule has 0 aliphatic heterocycles. The van der Waals surface area contributed by atoms with Gasteiger partial charge in [-0.25, -0.2) is 0 Å². The van der Waals surface area contributed by atoms with Crippen LogP contribution < -0.4 is 59.7 Å². The number of aryl methyl sites for hydroxylation is 3. The van der Waals surface area contributed by atoms with Gasteiger partial charge >= 0.3 is 0 Å². The van der Waals surface area contributed by atoms with E-state index in [9.17, 15) is 0 Å². The first kappa shape index (κ1) is 46.2. The van der Waals surface area contributed by atoms with Gasteiger partial charge in [-0.3, -0.25) is 0 Å². The predicted molar refractivity (Wildman–Crippen MR) is 268 cm³/mol. The summed E-state index contributed by atoms with van der Waals surface area (Å²) in [5, 5.41) is 3.95. The maximum atomic E-state index is 2.68. The zero-order valence-electron chi connectivity index (χ0n) is 41.3. The lowest BCUT2D eigenvalue weighted by Gasteiger charge is -2.53. The standard InChI is InChI=1S/C48H79N9Si/c1-30-26-36(49(8)9)39(52(14)15)42(55(20)21)45(30)58(48(7)29-33(4)34(5)35(48)6,46-31(2)27-37(50(10)11)40(53(16)17)43(46)56(22)23)47-32(3)28-38(51(12)13)41(54(18)19)44(47)57(24)25/h26-29H,1-25H3. The summed E-state index contributed by atoms with van der Waals surface area (Å²) < 4.78 is 0. The van der Waals surface area contributed by atoms with Crippen LogP contribution in [0.25, 0.3) is 0 Å². The van der Waals surface area contributed by atoms with E-state index in [1.54, 1.807) is 0 Å². The molecule has 10 heteroatoms. The van der Waals surface area contributed by atoms with Crippen LogP contribution in [-0.4, -0.2) is 135 Å². The van der Waals surface area contributed by atoms with Crippen LogP contribution in [-0.2, 0) is 0 Å². The Kier molecular flexibility index (Phi) is 13.0. The van der Waals surface area contributed by atoms with Crippen LogP contribution in [0.5, 0.6) is 0 Å². The average molecular weight is 810 g/mol. The second-order valence-electron chi connectivity index (χ2n) is 18.9. The molecule has 0 bridgehead atoms. The van der Waals surface area contributed by atoms with Crippen molar-refractivity contribution < 1.29 is 0 Å². The van der Waals surface area contributed by atoms with Gasteiger partial charge in [0.2, 0.25) is 0 Å². The number of hydrogen-bond donors (Lipinski definition) is 0. The lowest BCUT2D eigenvalue weighted by atomic mass is 10.0. The van der Waals surface area contributed by atoms with Crippen molar-refractivity contribution in [2.45, 2.75) is 53.5 Å². The van der Waals surface area contributed by atoms with Crippen molar-refractivity contribution in [3.8, 4) is 0 Å². The number of hydrogen-bond acceptors (Lipinski definition) is 9. The fourth-order valence-electron chi connectivity index (χ4n) is 10.3. The van der Waals surface area contributed by atoms with Crippen molar-refractivity contribution in [2.75, 3.05) is 171 Å². The molecule has 1 aliphatic rings. The van der Waals surface area contributed by atoms with Gasteiger partial charge in [0.15, 0.2) is 8.07 Å². The van der Waals surface area contributed by atoms with E-state index < -0.39 is 13.1 Å². The van der Waals surface area contributed by atoms with E-state index in [-0.39, 0.29) is 0 Å². The quantitative estimate of drug-likeness (QED) is 0.138. The molecular formula is C48H79N9Si. The SMILES string of the molecule is CC1=CC(C)([Si](c2c(C)cc(N(C)C)c(N(C)C)c2N(C)C)(c2c(C)cc(N(C)C)c(N(C)C)c2N(C)C)c2c(C)cc(N(C)C)c(N(C)C)c2N(C)C)C(C)=C1C. The van der Waals surface area contributed by atoms with Crippen LogP contribution in [0.15, 0.2) is 41.0 Å². The largest absolute Gasteiger partial charge is 0.376 e. The summed E-state index contributed by atoms with van der Waals surface area (Å²) in [6.07, 6.45) is 2.68. The van der Waals surface area contributed by atoms with Crippen LogP contribution in [0.3, 0.4) is 0 Å². The van der Waals surface area contributed by atoms with E-state index in [1.807, 2.05) is 0 Å². The molecule has 0 radical (unpaired) electrons. The Bertz CT molecular complexity index is 1920. The molecule has 0 saturated heterocycles. The van der Waals surface area contributed by atoms with Crippen molar-refractivity contribution in [3.63, 3.8) is 0 Å². The van der Waals surface area contributed by atoms with Crippen molar-refractivity contribution in [1.29, 1.82) is 0 Å². The maximum Gasteiger partial charge on any atom is 0.170 e. The molecule has 1 aliphatic carbocycles. The van der Waals surface area contributed by atoms with E-state index >= 15 is 0 Å². The van der Waals surface area contributed by atoms with Gasteiger partial charge in [0.25, 0.3) is 0 Å².